The molecule has 186 valence electrons. The third-order valence-electron chi connectivity index (χ3n) is 8.18. The fourth-order valence-corrected chi connectivity index (χ4v) is 7.10. The molecule has 1 aliphatic heterocycles. The van der Waals surface area contributed by atoms with Gasteiger partial charge < -0.3 is 15.5 Å². The summed E-state index contributed by atoms with van der Waals surface area (Å²) in [6.07, 6.45) is 1.70. The van der Waals surface area contributed by atoms with Crippen LogP contribution in [0.4, 0.5) is 19.0 Å². The van der Waals surface area contributed by atoms with Crippen LogP contribution in [-0.2, 0) is 15.8 Å². The van der Waals surface area contributed by atoms with Gasteiger partial charge in [0, 0.05) is 50.9 Å². The Balaban J connectivity index is 1.11. The average Bonchev–Trinajstić information content (AvgIpc) is 2.75. The van der Waals surface area contributed by atoms with Crippen LogP contribution in [-0.4, -0.2) is 66.0 Å². The Bertz CT molecular complexity index is 914. The van der Waals surface area contributed by atoms with Gasteiger partial charge in [-0.3, -0.25) is 14.5 Å². The molecule has 1 saturated heterocycles. The molecular formula is C24H32F3N5O2. The highest BCUT2D eigenvalue weighted by molar-refractivity contribution is 5.78. The summed E-state index contributed by atoms with van der Waals surface area (Å²) < 4.78 is 38.3. The molecule has 5 atom stereocenters. The largest absolute Gasteiger partial charge is 0.417 e. The van der Waals surface area contributed by atoms with Crippen LogP contribution < -0.4 is 15.5 Å². The van der Waals surface area contributed by atoms with Crippen molar-refractivity contribution in [2.45, 2.75) is 56.8 Å². The van der Waals surface area contributed by atoms with Crippen molar-refractivity contribution in [2.24, 2.45) is 17.8 Å². The molecule has 1 aromatic rings. The standard InChI is InChI=1S/C24H32F3N5O2/c1-15(33)30-23-10-16-8-17(11-23)22(18(9-16)12-23)29-21(34)14-31-4-6-32(7-5-31)20-3-2-19(13-28-20)24(25,26)27/h2-3,13,16-18,22H,4-12,14H2,1H3,(H,29,34)(H,30,33)/t16?,17-,18+,22?,23?. The molecule has 2 amide bonds. The first-order chi connectivity index (χ1) is 16.1. The molecule has 2 heterocycles. The van der Waals surface area contributed by atoms with E-state index in [0.29, 0.717) is 56.3 Å². The third kappa shape index (κ3) is 4.74. The predicted molar refractivity (Wildman–Crippen MR) is 120 cm³/mol. The van der Waals surface area contributed by atoms with Crippen LogP contribution in [0.2, 0.25) is 0 Å². The third-order valence-corrected chi connectivity index (χ3v) is 8.18. The fourth-order valence-electron chi connectivity index (χ4n) is 7.10. The van der Waals surface area contributed by atoms with Crippen LogP contribution in [0.25, 0.3) is 0 Å². The first kappa shape index (κ1) is 23.4. The number of anilines is 1. The molecule has 5 fully saturated rings. The number of piperazine rings is 1. The van der Waals surface area contributed by atoms with E-state index >= 15 is 0 Å². The second-order valence-electron chi connectivity index (χ2n) is 10.7. The molecule has 0 radical (unpaired) electrons. The van der Waals surface area contributed by atoms with Crippen molar-refractivity contribution >= 4 is 17.6 Å². The van der Waals surface area contributed by atoms with Gasteiger partial charge >= 0.3 is 6.18 Å². The minimum Gasteiger partial charge on any atom is -0.354 e. The highest BCUT2D eigenvalue weighted by Crippen LogP contribution is 2.55. The lowest BCUT2D eigenvalue weighted by Gasteiger charge is -2.60. The molecule has 6 rings (SSSR count). The minimum absolute atomic E-state index is 0.0344. The number of amides is 2. The van der Waals surface area contributed by atoms with Crippen LogP contribution in [0.5, 0.6) is 0 Å². The van der Waals surface area contributed by atoms with E-state index in [4.69, 9.17) is 0 Å². The van der Waals surface area contributed by atoms with Gasteiger partial charge in [-0.25, -0.2) is 4.98 Å². The van der Waals surface area contributed by atoms with Crippen molar-refractivity contribution in [3.05, 3.63) is 23.9 Å². The van der Waals surface area contributed by atoms with E-state index in [0.717, 1.165) is 44.4 Å². The Hall–Kier alpha value is -2.36. The zero-order valence-electron chi connectivity index (χ0n) is 19.4. The molecule has 34 heavy (non-hydrogen) atoms. The van der Waals surface area contributed by atoms with E-state index in [9.17, 15) is 22.8 Å². The SMILES string of the molecule is CC(=O)NC12CC3C[C@H](C1)C(NC(=O)CN1CCN(c4ccc(C(F)(F)F)cn4)CC1)[C@@H](C3)C2. The van der Waals surface area contributed by atoms with E-state index in [-0.39, 0.29) is 23.4 Å². The van der Waals surface area contributed by atoms with Crippen molar-refractivity contribution < 1.29 is 22.8 Å². The Labute approximate surface area is 197 Å². The number of hydrogen-bond donors (Lipinski definition) is 2. The molecular weight excluding hydrogens is 447 g/mol. The second-order valence-corrected chi connectivity index (χ2v) is 10.7. The van der Waals surface area contributed by atoms with Gasteiger partial charge in [0.05, 0.1) is 12.1 Å². The van der Waals surface area contributed by atoms with Gasteiger partial charge in [0.1, 0.15) is 5.82 Å². The van der Waals surface area contributed by atoms with Crippen LogP contribution in [0.1, 0.15) is 44.6 Å². The zero-order chi connectivity index (χ0) is 24.1. The molecule has 4 bridgehead atoms. The molecule has 3 unspecified atom stereocenters. The number of rotatable bonds is 5. The van der Waals surface area contributed by atoms with E-state index in [1.54, 1.807) is 6.92 Å². The summed E-state index contributed by atoms with van der Waals surface area (Å²) in [6.45, 7) is 4.45. The maximum absolute atomic E-state index is 12.9. The van der Waals surface area contributed by atoms with Gasteiger partial charge in [-0.1, -0.05) is 0 Å². The Kier molecular flexibility index (Phi) is 5.98. The molecule has 5 aliphatic rings. The molecule has 10 heteroatoms. The monoisotopic (exact) mass is 479 g/mol. The van der Waals surface area contributed by atoms with Crippen molar-refractivity contribution in [3.8, 4) is 0 Å². The zero-order valence-corrected chi connectivity index (χ0v) is 19.4. The van der Waals surface area contributed by atoms with Gasteiger partial charge in [0.15, 0.2) is 0 Å². The molecule has 2 N–H and O–H groups in total. The molecule has 7 nitrogen and oxygen atoms in total. The van der Waals surface area contributed by atoms with Crippen molar-refractivity contribution in [1.29, 1.82) is 0 Å². The lowest BCUT2D eigenvalue weighted by molar-refractivity contribution is -0.137. The number of alkyl halides is 3. The Morgan fingerprint density at radius 1 is 1.09 bits per heavy atom. The number of nitrogens with zero attached hydrogens (tertiary/aromatic N) is 3. The number of hydrogen-bond acceptors (Lipinski definition) is 5. The van der Waals surface area contributed by atoms with Crippen LogP contribution in [0, 0.1) is 17.8 Å². The predicted octanol–water partition coefficient (Wildman–Crippen LogP) is 2.42. The van der Waals surface area contributed by atoms with E-state index in [1.807, 2.05) is 4.90 Å². The van der Waals surface area contributed by atoms with E-state index in [2.05, 4.69) is 20.5 Å². The smallest absolute Gasteiger partial charge is 0.354 e. The van der Waals surface area contributed by atoms with Gasteiger partial charge in [-0.2, -0.15) is 13.2 Å². The lowest BCUT2D eigenvalue weighted by Crippen LogP contribution is -2.67. The summed E-state index contributed by atoms with van der Waals surface area (Å²) >= 11 is 0. The van der Waals surface area contributed by atoms with Crippen molar-refractivity contribution in [3.63, 3.8) is 0 Å². The molecule has 4 aliphatic carbocycles. The molecule has 0 aromatic carbocycles. The summed E-state index contributed by atoms with van der Waals surface area (Å²) in [6, 6.07) is 2.65. The normalized spacial score (nSPS) is 33.1. The van der Waals surface area contributed by atoms with Gasteiger partial charge in [0.25, 0.3) is 0 Å². The number of pyridine rings is 1. The molecule has 0 spiro atoms. The van der Waals surface area contributed by atoms with Gasteiger partial charge in [-0.05, 0) is 62.0 Å². The number of nitrogens with one attached hydrogen (secondary N) is 2. The van der Waals surface area contributed by atoms with Crippen LogP contribution in [0.15, 0.2) is 18.3 Å². The number of carbonyl (C=O) groups excluding carboxylic acids is 2. The quantitative estimate of drug-likeness (QED) is 0.679. The Morgan fingerprint density at radius 2 is 1.76 bits per heavy atom. The highest BCUT2D eigenvalue weighted by Gasteiger charge is 2.56. The Morgan fingerprint density at radius 3 is 2.32 bits per heavy atom. The first-order valence-electron chi connectivity index (χ1n) is 12.2. The maximum atomic E-state index is 12.9. The number of carbonyl (C=O) groups is 2. The highest BCUT2D eigenvalue weighted by atomic mass is 19.4. The summed E-state index contributed by atoms with van der Waals surface area (Å²) in [5.41, 5.74) is -0.828. The summed E-state index contributed by atoms with van der Waals surface area (Å²) in [7, 11) is 0. The van der Waals surface area contributed by atoms with Gasteiger partial charge in [-0.15, -0.1) is 0 Å². The molecule has 1 aromatic heterocycles. The lowest BCUT2D eigenvalue weighted by atomic mass is 9.51. The van der Waals surface area contributed by atoms with Crippen LogP contribution >= 0.6 is 0 Å². The van der Waals surface area contributed by atoms with E-state index in [1.165, 1.54) is 6.07 Å². The number of halogens is 3. The number of aromatic nitrogens is 1. The van der Waals surface area contributed by atoms with Crippen molar-refractivity contribution in [1.82, 2.24) is 20.5 Å². The summed E-state index contributed by atoms with van der Waals surface area (Å²) in [4.78, 5) is 32.6. The fraction of sp³-hybridized carbons (Fsp3) is 0.708. The maximum Gasteiger partial charge on any atom is 0.417 e. The summed E-state index contributed by atoms with van der Waals surface area (Å²) in [5.74, 6) is 2.08. The second kappa shape index (κ2) is 8.70. The van der Waals surface area contributed by atoms with Crippen molar-refractivity contribution in [2.75, 3.05) is 37.6 Å². The van der Waals surface area contributed by atoms with Crippen LogP contribution in [0.3, 0.4) is 0 Å². The van der Waals surface area contributed by atoms with E-state index < -0.39 is 11.7 Å². The average molecular weight is 480 g/mol. The van der Waals surface area contributed by atoms with Gasteiger partial charge in [0.2, 0.25) is 11.8 Å². The molecule has 4 saturated carbocycles. The summed E-state index contributed by atoms with van der Waals surface area (Å²) in [5, 5.41) is 6.55. The first-order valence-corrected chi connectivity index (χ1v) is 12.2. The minimum atomic E-state index is -4.39. The topological polar surface area (TPSA) is 77.6 Å².